The zero-order valence-electron chi connectivity index (χ0n) is 10.3. The van der Waals surface area contributed by atoms with E-state index in [0.29, 0.717) is 23.7 Å². The highest BCUT2D eigenvalue weighted by Crippen LogP contribution is 2.21. The van der Waals surface area contributed by atoms with E-state index in [1.165, 1.54) is 0 Å². The molecule has 0 aliphatic rings. The highest BCUT2D eigenvalue weighted by Gasteiger charge is 2.15. The minimum Gasteiger partial charge on any atom is -0.385 e. The Morgan fingerprint density at radius 1 is 1.29 bits per heavy atom. The van der Waals surface area contributed by atoms with Gasteiger partial charge in [-0.1, -0.05) is 19.1 Å². The Labute approximate surface area is 103 Å². The van der Waals surface area contributed by atoms with E-state index in [2.05, 4.69) is 5.32 Å². The quantitative estimate of drug-likeness (QED) is 0.758. The Hall–Kier alpha value is -1.07. The van der Waals surface area contributed by atoms with Crippen LogP contribution in [0.3, 0.4) is 0 Å². The van der Waals surface area contributed by atoms with Crippen LogP contribution in [0.5, 0.6) is 0 Å². The third-order valence-corrected chi connectivity index (χ3v) is 4.23. The lowest BCUT2D eigenvalue weighted by Crippen LogP contribution is -2.10. The van der Waals surface area contributed by atoms with Crippen LogP contribution in [0, 0.1) is 0 Å². The van der Waals surface area contributed by atoms with Gasteiger partial charge >= 0.3 is 0 Å². The molecule has 1 aromatic carbocycles. The summed E-state index contributed by atoms with van der Waals surface area (Å²) in [6.45, 7) is 3.01. The molecule has 1 aromatic rings. The maximum Gasteiger partial charge on any atom is 0.180 e. The summed E-state index contributed by atoms with van der Waals surface area (Å²) < 4.78 is 28.6. The predicted octanol–water partition coefficient (Wildman–Crippen LogP) is 1.93. The molecule has 1 rings (SSSR count). The number of anilines is 1. The van der Waals surface area contributed by atoms with Gasteiger partial charge in [0.15, 0.2) is 9.84 Å². The Bertz CT molecular complexity index is 443. The SMILES string of the molecule is CCS(=O)(=O)c1ccccc1NCCCOC. The largest absolute Gasteiger partial charge is 0.385 e. The van der Waals surface area contributed by atoms with E-state index in [1.807, 2.05) is 6.07 Å². The van der Waals surface area contributed by atoms with Gasteiger partial charge in [0.25, 0.3) is 0 Å². The van der Waals surface area contributed by atoms with Gasteiger partial charge in [0.1, 0.15) is 0 Å². The zero-order chi connectivity index (χ0) is 12.7. The number of methoxy groups -OCH3 is 1. The third-order valence-electron chi connectivity index (χ3n) is 2.44. The van der Waals surface area contributed by atoms with Crippen LogP contribution in [0.2, 0.25) is 0 Å². The van der Waals surface area contributed by atoms with E-state index in [4.69, 9.17) is 4.74 Å². The highest BCUT2D eigenvalue weighted by molar-refractivity contribution is 7.91. The Kier molecular flexibility index (Phi) is 5.44. The monoisotopic (exact) mass is 257 g/mol. The van der Waals surface area contributed by atoms with Gasteiger partial charge in [0, 0.05) is 20.3 Å². The smallest absolute Gasteiger partial charge is 0.180 e. The molecule has 0 atom stereocenters. The molecule has 4 nitrogen and oxygen atoms in total. The van der Waals surface area contributed by atoms with E-state index in [0.717, 1.165) is 6.42 Å². The van der Waals surface area contributed by atoms with Crippen LogP contribution in [0.15, 0.2) is 29.2 Å². The highest BCUT2D eigenvalue weighted by atomic mass is 32.2. The van der Waals surface area contributed by atoms with Crippen LogP contribution >= 0.6 is 0 Å². The second-order valence-electron chi connectivity index (χ2n) is 3.67. The fourth-order valence-electron chi connectivity index (χ4n) is 1.48. The van der Waals surface area contributed by atoms with Crippen molar-refractivity contribution in [1.82, 2.24) is 0 Å². The summed E-state index contributed by atoms with van der Waals surface area (Å²) in [6, 6.07) is 6.99. The predicted molar refractivity (Wildman–Crippen MR) is 69.2 cm³/mol. The minimum absolute atomic E-state index is 0.115. The lowest BCUT2D eigenvalue weighted by molar-refractivity contribution is 0.198. The lowest BCUT2D eigenvalue weighted by atomic mass is 10.3. The van der Waals surface area contributed by atoms with E-state index in [9.17, 15) is 8.42 Å². The van der Waals surface area contributed by atoms with Crippen molar-refractivity contribution in [3.8, 4) is 0 Å². The van der Waals surface area contributed by atoms with Crippen LogP contribution in [0.4, 0.5) is 5.69 Å². The van der Waals surface area contributed by atoms with Crippen molar-refractivity contribution in [2.75, 3.05) is 31.3 Å². The fourth-order valence-corrected chi connectivity index (χ4v) is 2.55. The number of nitrogens with one attached hydrogen (secondary N) is 1. The number of hydrogen-bond donors (Lipinski definition) is 1. The van der Waals surface area contributed by atoms with Gasteiger partial charge in [-0.25, -0.2) is 8.42 Å². The molecular formula is C12H19NO3S. The van der Waals surface area contributed by atoms with Gasteiger partial charge in [-0.2, -0.15) is 0 Å². The van der Waals surface area contributed by atoms with Crippen LogP contribution < -0.4 is 5.32 Å². The number of sulfone groups is 1. The van der Waals surface area contributed by atoms with E-state index in [1.54, 1.807) is 32.2 Å². The molecule has 0 fully saturated rings. The molecule has 0 amide bonds. The first-order valence-electron chi connectivity index (χ1n) is 5.66. The van der Waals surface area contributed by atoms with E-state index in [-0.39, 0.29) is 5.75 Å². The van der Waals surface area contributed by atoms with Crippen molar-refractivity contribution in [2.24, 2.45) is 0 Å². The second kappa shape index (κ2) is 6.61. The molecule has 0 spiro atoms. The maximum atomic E-state index is 11.8. The molecule has 0 radical (unpaired) electrons. The summed E-state index contributed by atoms with van der Waals surface area (Å²) in [5.41, 5.74) is 0.672. The third kappa shape index (κ3) is 4.02. The average Bonchev–Trinajstić information content (AvgIpc) is 2.35. The number of para-hydroxylation sites is 1. The van der Waals surface area contributed by atoms with Gasteiger partial charge in [-0.05, 0) is 18.6 Å². The lowest BCUT2D eigenvalue weighted by Gasteiger charge is -2.11. The minimum atomic E-state index is -3.17. The van der Waals surface area contributed by atoms with Crippen molar-refractivity contribution in [3.05, 3.63) is 24.3 Å². The molecule has 5 heteroatoms. The molecule has 0 saturated heterocycles. The summed E-state index contributed by atoms with van der Waals surface area (Å²) in [5, 5.41) is 3.13. The Morgan fingerprint density at radius 3 is 2.65 bits per heavy atom. The molecule has 1 N–H and O–H groups in total. The zero-order valence-corrected chi connectivity index (χ0v) is 11.1. The molecule has 96 valence electrons. The first-order valence-corrected chi connectivity index (χ1v) is 7.31. The van der Waals surface area contributed by atoms with E-state index < -0.39 is 9.84 Å². The number of benzene rings is 1. The average molecular weight is 257 g/mol. The summed E-state index contributed by atoms with van der Waals surface area (Å²) in [6.07, 6.45) is 0.844. The maximum absolute atomic E-state index is 11.8. The van der Waals surface area contributed by atoms with Crippen LogP contribution in [-0.4, -0.2) is 34.4 Å². The molecule has 0 saturated carbocycles. The molecule has 0 bridgehead atoms. The van der Waals surface area contributed by atoms with Crippen molar-refractivity contribution >= 4 is 15.5 Å². The number of hydrogen-bond acceptors (Lipinski definition) is 4. The Balaban J connectivity index is 2.79. The van der Waals surface area contributed by atoms with Gasteiger partial charge in [-0.15, -0.1) is 0 Å². The van der Waals surface area contributed by atoms with Crippen LogP contribution in [0.1, 0.15) is 13.3 Å². The van der Waals surface area contributed by atoms with Gasteiger partial charge in [-0.3, -0.25) is 0 Å². The van der Waals surface area contributed by atoms with Crippen molar-refractivity contribution in [2.45, 2.75) is 18.2 Å². The molecule has 0 aliphatic heterocycles. The molecule has 0 heterocycles. The molecule has 0 unspecified atom stereocenters. The fraction of sp³-hybridized carbons (Fsp3) is 0.500. The first kappa shape index (κ1) is 14.0. The van der Waals surface area contributed by atoms with Gasteiger partial charge in [0.2, 0.25) is 0 Å². The number of ether oxygens (including phenoxy) is 1. The van der Waals surface area contributed by atoms with Gasteiger partial charge < -0.3 is 10.1 Å². The van der Waals surface area contributed by atoms with Crippen LogP contribution in [-0.2, 0) is 14.6 Å². The van der Waals surface area contributed by atoms with Crippen LogP contribution in [0.25, 0.3) is 0 Å². The summed E-state index contributed by atoms with van der Waals surface area (Å²) in [5.74, 6) is 0.115. The molecule has 0 aromatic heterocycles. The first-order chi connectivity index (χ1) is 8.11. The molecule has 17 heavy (non-hydrogen) atoms. The van der Waals surface area contributed by atoms with Crippen molar-refractivity contribution < 1.29 is 13.2 Å². The topological polar surface area (TPSA) is 55.4 Å². The van der Waals surface area contributed by atoms with Crippen molar-refractivity contribution in [1.29, 1.82) is 0 Å². The summed E-state index contributed by atoms with van der Waals surface area (Å²) in [4.78, 5) is 0.375. The standard InChI is InChI=1S/C12H19NO3S/c1-3-17(14,15)12-8-5-4-7-11(12)13-9-6-10-16-2/h4-5,7-8,13H,3,6,9-10H2,1-2H3. The molecule has 0 aliphatic carbocycles. The molecular weight excluding hydrogens is 238 g/mol. The van der Waals surface area contributed by atoms with Crippen molar-refractivity contribution in [3.63, 3.8) is 0 Å². The second-order valence-corrected chi connectivity index (χ2v) is 5.92. The summed E-state index contributed by atoms with van der Waals surface area (Å²) in [7, 11) is -1.52. The Morgan fingerprint density at radius 2 is 2.00 bits per heavy atom. The van der Waals surface area contributed by atoms with Gasteiger partial charge in [0.05, 0.1) is 16.3 Å². The normalized spacial score (nSPS) is 11.4. The summed E-state index contributed by atoms with van der Waals surface area (Å²) >= 11 is 0. The number of rotatable bonds is 7. The van der Waals surface area contributed by atoms with E-state index >= 15 is 0 Å².